The lowest BCUT2D eigenvalue weighted by molar-refractivity contribution is 0.0992. The number of ether oxygens (including phenoxy) is 2. The number of amides is 1. The molecule has 1 fully saturated rings. The van der Waals surface area contributed by atoms with E-state index < -0.39 is 5.91 Å². The number of carbonyl (C=O) groups is 1. The Morgan fingerprint density at radius 1 is 1.12 bits per heavy atom. The van der Waals surface area contributed by atoms with Crippen molar-refractivity contribution in [1.29, 1.82) is 0 Å². The van der Waals surface area contributed by atoms with E-state index in [9.17, 15) is 4.79 Å². The lowest BCUT2D eigenvalue weighted by Gasteiger charge is -2.26. The lowest BCUT2D eigenvalue weighted by Crippen LogP contribution is -2.29. The van der Waals surface area contributed by atoms with Gasteiger partial charge in [-0.1, -0.05) is 31.9 Å². The van der Waals surface area contributed by atoms with Crippen LogP contribution in [0.15, 0.2) is 24.3 Å². The van der Waals surface area contributed by atoms with Gasteiger partial charge in [-0.15, -0.1) is 0 Å². The SMILES string of the molecule is CCCCOc1nc(N)c2cc(C(N)=O)n(Cc3ccc(CN4CCCCC4)cc3OC)c2n1. The zero-order chi connectivity index (χ0) is 24.1. The van der Waals surface area contributed by atoms with Gasteiger partial charge < -0.3 is 25.5 Å². The van der Waals surface area contributed by atoms with Crippen molar-refractivity contribution in [2.45, 2.75) is 52.1 Å². The van der Waals surface area contributed by atoms with Gasteiger partial charge in [0, 0.05) is 12.1 Å². The fourth-order valence-corrected chi connectivity index (χ4v) is 4.43. The van der Waals surface area contributed by atoms with E-state index in [1.807, 2.05) is 6.07 Å². The van der Waals surface area contributed by atoms with Gasteiger partial charge >= 0.3 is 6.01 Å². The molecular formula is C25H34N6O3. The van der Waals surface area contributed by atoms with E-state index in [2.05, 4.69) is 33.9 Å². The molecule has 3 aromatic rings. The minimum absolute atomic E-state index is 0.192. The Labute approximate surface area is 200 Å². The Balaban J connectivity index is 1.66. The summed E-state index contributed by atoms with van der Waals surface area (Å²) in [4.78, 5) is 23.5. The summed E-state index contributed by atoms with van der Waals surface area (Å²) in [5.41, 5.74) is 14.8. The second kappa shape index (κ2) is 10.7. The van der Waals surface area contributed by atoms with Crippen LogP contribution in [0.3, 0.4) is 0 Å². The van der Waals surface area contributed by atoms with Crippen LogP contribution >= 0.6 is 0 Å². The molecule has 2 aromatic heterocycles. The molecule has 0 unspecified atom stereocenters. The quantitative estimate of drug-likeness (QED) is 0.440. The van der Waals surface area contributed by atoms with Gasteiger partial charge in [0.15, 0.2) is 0 Å². The molecule has 34 heavy (non-hydrogen) atoms. The van der Waals surface area contributed by atoms with Crippen LogP contribution in [0.4, 0.5) is 5.82 Å². The number of unbranched alkanes of at least 4 members (excludes halogenated alkanes) is 1. The number of hydrogen-bond acceptors (Lipinski definition) is 7. The predicted octanol–water partition coefficient (Wildman–Crippen LogP) is 3.33. The molecule has 0 spiro atoms. The third-order valence-corrected chi connectivity index (χ3v) is 6.28. The van der Waals surface area contributed by atoms with E-state index in [-0.39, 0.29) is 11.8 Å². The summed E-state index contributed by atoms with van der Waals surface area (Å²) in [6, 6.07) is 8.06. The highest BCUT2D eigenvalue weighted by atomic mass is 16.5. The number of primary amides is 1. The van der Waals surface area contributed by atoms with Crippen molar-refractivity contribution >= 4 is 22.8 Å². The van der Waals surface area contributed by atoms with Gasteiger partial charge in [0.1, 0.15) is 22.9 Å². The van der Waals surface area contributed by atoms with Crippen molar-refractivity contribution in [2.24, 2.45) is 5.73 Å². The average Bonchev–Trinajstić information content (AvgIpc) is 3.20. The lowest BCUT2D eigenvalue weighted by atomic mass is 10.1. The van der Waals surface area contributed by atoms with E-state index >= 15 is 0 Å². The number of carbonyl (C=O) groups excluding carboxylic acids is 1. The predicted molar refractivity (Wildman–Crippen MR) is 132 cm³/mol. The van der Waals surface area contributed by atoms with Crippen molar-refractivity contribution < 1.29 is 14.3 Å². The van der Waals surface area contributed by atoms with Gasteiger partial charge in [-0.3, -0.25) is 9.69 Å². The fourth-order valence-electron chi connectivity index (χ4n) is 4.43. The second-order valence-corrected chi connectivity index (χ2v) is 8.79. The number of nitrogens with zero attached hydrogens (tertiary/aromatic N) is 4. The van der Waals surface area contributed by atoms with E-state index in [0.717, 1.165) is 43.8 Å². The summed E-state index contributed by atoms with van der Waals surface area (Å²) in [6.45, 7) is 6.09. The molecule has 1 aromatic carbocycles. The Hall–Kier alpha value is -3.33. The number of nitrogen functional groups attached to an aromatic ring is 1. The molecule has 9 nitrogen and oxygen atoms in total. The number of benzene rings is 1. The van der Waals surface area contributed by atoms with Crippen LogP contribution in [-0.2, 0) is 13.1 Å². The molecule has 3 heterocycles. The molecule has 1 aliphatic rings. The highest BCUT2D eigenvalue weighted by Crippen LogP contribution is 2.29. The number of rotatable bonds is 10. The normalized spacial score (nSPS) is 14.4. The number of hydrogen-bond donors (Lipinski definition) is 2. The van der Waals surface area contributed by atoms with E-state index in [4.69, 9.17) is 20.9 Å². The van der Waals surface area contributed by atoms with Crippen LogP contribution in [0, 0.1) is 0 Å². The van der Waals surface area contributed by atoms with Crippen molar-refractivity contribution in [3.05, 3.63) is 41.1 Å². The average molecular weight is 467 g/mol. The number of methoxy groups -OCH3 is 1. The Kier molecular flexibility index (Phi) is 7.52. The number of piperidine rings is 1. The smallest absolute Gasteiger partial charge is 0.320 e. The molecule has 0 saturated carbocycles. The van der Waals surface area contributed by atoms with Crippen LogP contribution < -0.4 is 20.9 Å². The largest absolute Gasteiger partial charge is 0.496 e. The molecule has 1 saturated heterocycles. The first-order chi connectivity index (χ1) is 16.5. The van der Waals surface area contributed by atoms with Gasteiger partial charge in [0.05, 0.1) is 25.6 Å². The van der Waals surface area contributed by atoms with E-state index in [0.29, 0.717) is 29.9 Å². The third-order valence-electron chi connectivity index (χ3n) is 6.28. The van der Waals surface area contributed by atoms with Gasteiger partial charge in [-0.05, 0) is 50.0 Å². The maximum atomic E-state index is 12.3. The van der Waals surface area contributed by atoms with Crippen LogP contribution in [0.1, 0.15) is 60.6 Å². The number of aromatic nitrogens is 3. The summed E-state index contributed by atoms with van der Waals surface area (Å²) < 4.78 is 13.2. The molecule has 0 radical (unpaired) electrons. The Bertz CT molecular complexity index is 1150. The van der Waals surface area contributed by atoms with Crippen molar-refractivity contribution in [3.8, 4) is 11.8 Å². The second-order valence-electron chi connectivity index (χ2n) is 8.79. The Morgan fingerprint density at radius 3 is 2.62 bits per heavy atom. The molecule has 182 valence electrons. The van der Waals surface area contributed by atoms with Gasteiger partial charge in [-0.25, -0.2) is 0 Å². The van der Waals surface area contributed by atoms with Gasteiger partial charge in [-0.2, -0.15) is 9.97 Å². The number of nitrogens with two attached hydrogens (primary N) is 2. The molecule has 0 bridgehead atoms. The van der Waals surface area contributed by atoms with Crippen LogP contribution in [0.5, 0.6) is 11.8 Å². The first kappa shape index (κ1) is 23.8. The maximum absolute atomic E-state index is 12.3. The molecule has 4 rings (SSSR count). The zero-order valence-electron chi connectivity index (χ0n) is 20.0. The van der Waals surface area contributed by atoms with Crippen LogP contribution in [0.25, 0.3) is 11.0 Å². The minimum Gasteiger partial charge on any atom is -0.496 e. The number of anilines is 1. The maximum Gasteiger partial charge on any atom is 0.320 e. The summed E-state index contributed by atoms with van der Waals surface area (Å²) in [7, 11) is 1.66. The van der Waals surface area contributed by atoms with Crippen molar-refractivity contribution in [1.82, 2.24) is 19.4 Å². The fraction of sp³-hybridized carbons (Fsp3) is 0.480. The van der Waals surface area contributed by atoms with Crippen LogP contribution in [0.2, 0.25) is 0 Å². The van der Waals surface area contributed by atoms with Crippen molar-refractivity contribution in [3.63, 3.8) is 0 Å². The van der Waals surface area contributed by atoms with Gasteiger partial charge in [0.2, 0.25) is 0 Å². The molecule has 0 atom stereocenters. The molecule has 1 aliphatic heterocycles. The molecular weight excluding hydrogens is 432 g/mol. The standard InChI is InChI=1S/C25H34N6O3/c1-3-4-12-34-25-28-22(26)19-14-20(23(27)32)31(24(19)29-25)16-18-9-8-17(13-21(18)33-2)15-30-10-6-5-7-11-30/h8-9,13-14H,3-7,10-12,15-16H2,1-2H3,(H2,27,32)(H2,26,28,29). The van der Waals surface area contributed by atoms with E-state index in [1.54, 1.807) is 17.7 Å². The molecule has 4 N–H and O–H groups in total. The number of fused-ring (bicyclic) bond motifs is 1. The summed E-state index contributed by atoms with van der Waals surface area (Å²) in [5, 5.41) is 0.567. The molecule has 1 amide bonds. The first-order valence-corrected chi connectivity index (χ1v) is 12.0. The molecule has 0 aliphatic carbocycles. The minimum atomic E-state index is -0.563. The summed E-state index contributed by atoms with van der Waals surface area (Å²) in [6.07, 6.45) is 5.69. The van der Waals surface area contributed by atoms with Crippen LogP contribution in [-0.4, -0.2) is 52.1 Å². The van der Waals surface area contributed by atoms with Crippen molar-refractivity contribution in [2.75, 3.05) is 32.5 Å². The molecule has 9 heteroatoms. The number of likely N-dealkylation sites (tertiary alicyclic amines) is 1. The van der Waals surface area contributed by atoms with E-state index in [1.165, 1.54) is 24.8 Å². The summed E-state index contributed by atoms with van der Waals surface area (Å²) in [5.74, 6) is 0.446. The monoisotopic (exact) mass is 466 g/mol. The topological polar surface area (TPSA) is 122 Å². The van der Waals surface area contributed by atoms with Gasteiger partial charge in [0.25, 0.3) is 5.91 Å². The highest BCUT2D eigenvalue weighted by molar-refractivity contribution is 5.99. The highest BCUT2D eigenvalue weighted by Gasteiger charge is 2.20. The first-order valence-electron chi connectivity index (χ1n) is 12.0. The third kappa shape index (κ3) is 5.25. The summed E-state index contributed by atoms with van der Waals surface area (Å²) >= 11 is 0. The zero-order valence-corrected chi connectivity index (χ0v) is 20.0. The Morgan fingerprint density at radius 2 is 1.91 bits per heavy atom.